The number of nitrogens with one attached hydrogen (secondary N) is 1. The fourth-order valence-corrected chi connectivity index (χ4v) is 4.76. The van der Waals surface area contributed by atoms with Crippen LogP contribution in [0, 0.1) is 0 Å². The second-order valence-electron chi connectivity index (χ2n) is 7.71. The summed E-state index contributed by atoms with van der Waals surface area (Å²) in [6.45, 7) is 1.95. The third kappa shape index (κ3) is 5.00. The van der Waals surface area contributed by atoms with E-state index in [2.05, 4.69) is 5.32 Å². The maximum Gasteiger partial charge on any atom is 0.251 e. The van der Waals surface area contributed by atoms with E-state index in [1.165, 1.54) is 33.3 Å². The fraction of sp³-hybridized carbons (Fsp3) is 0.240. The number of methoxy groups -OCH3 is 1. The molecule has 1 N–H and O–H groups in total. The first-order chi connectivity index (χ1) is 15.3. The molecule has 1 atom stereocenters. The molecule has 32 heavy (non-hydrogen) atoms. The number of hydrogen-bond donors (Lipinski definition) is 1. The molecule has 0 spiro atoms. The Morgan fingerprint density at radius 3 is 1.91 bits per heavy atom. The highest BCUT2D eigenvalue weighted by Crippen LogP contribution is 2.29. The highest BCUT2D eigenvalue weighted by molar-refractivity contribution is 7.89. The van der Waals surface area contributed by atoms with Gasteiger partial charge in [0.1, 0.15) is 10.6 Å². The van der Waals surface area contributed by atoms with Gasteiger partial charge in [-0.05, 0) is 36.2 Å². The Bertz CT molecular complexity index is 1120. The summed E-state index contributed by atoms with van der Waals surface area (Å²) in [5, 5.41) is 3.05. The molecule has 0 fully saturated rings. The van der Waals surface area contributed by atoms with Crippen LogP contribution in [0.15, 0.2) is 83.8 Å². The Kier molecular flexibility index (Phi) is 7.33. The van der Waals surface area contributed by atoms with Crippen molar-refractivity contribution in [3.63, 3.8) is 0 Å². The Labute approximate surface area is 189 Å². The molecule has 0 aliphatic heterocycles. The molecule has 0 aromatic heterocycles. The van der Waals surface area contributed by atoms with Crippen molar-refractivity contribution in [3.05, 3.63) is 95.6 Å². The highest BCUT2D eigenvalue weighted by Gasteiger charge is 2.26. The van der Waals surface area contributed by atoms with Crippen LogP contribution in [0.25, 0.3) is 0 Å². The standard InChI is InChI=1S/C25H28N2O4S/c1-18(24(19-11-7-5-8-12-19)20-13-9-6-10-14-20)26-25(28)21-15-16-22(31-4)23(17-21)32(29,30)27(2)3/h5-18,24H,1-4H3,(H,26,28). The summed E-state index contributed by atoms with van der Waals surface area (Å²) in [5.74, 6) is -0.230. The molecule has 0 aliphatic carbocycles. The Morgan fingerprint density at radius 1 is 0.906 bits per heavy atom. The van der Waals surface area contributed by atoms with E-state index in [0.29, 0.717) is 0 Å². The van der Waals surface area contributed by atoms with Gasteiger partial charge in [-0.1, -0.05) is 60.7 Å². The van der Waals surface area contributed by atoms with Gasteiger partial charge in [-0.25, -0.2) is 12.7 Å². The highest BCUT2D eigenvalue weighted by atomic mass is 32.2. The first-order valence-electron chi connectivity index (χ1n) is 10.3. The molecule has 6 nitrogen and oxygen atoms in total. The molecule has 1 unspecified atom stereocenters. The number of ether oxygens (including phenoxy) is 1. The van der Waals surface area contributed by atoms with Gasteiger partial charge in [0.05, 0.1) is 7.11 Å². The lowest BCUT2D eigenvalue weighted by molar-refractivity contribution is 0.0936. The van der Waals surface area contributed by atoms with Crippen molar-refractivity contribution in [2.75, 3.05) is 21.2 Å². The molecule has 7 heteroatoms. The maximum absolute atomic E-state index is 13.1. The van der Waals surface area contributed by atoms with Gasteiger partial charge in [0.2, 0.25) is 10.0 Å². The van der Waals surface area contributed by atoms with Crippen LogP contribution in [-0.4, -0.2) is 45.9 Å². The Morgan fingerprint density at radius 2 is 1.44 bits per heavy atom. The minimum atomic E-state index is -3.78. The molecule has 0 saturated heterocycles. The molecular formula is C25H28N2O4S. The molecule has 0 heterocycles. The smallest absolute Gasteiger partial charge is 0.251 e. The van der Waals surface area contributed by atoms with E-state index in [-0.39, 0.29) is 34.1 Å². The summed E-state index contributed by atoms with van der Waals surface area (Å²) in [5.41, 5.74) is 2.41. The molecular weight excluding hydrogens is 424 g/mol. The van der Waals surface area contributed by atoms with E-state index in [9.17, 15) is 13.2 Å². The summed E-state index contributed by atoms with van der Waals surface area (Å²) in [4.78, 5) is 13.1. The minimum absolute atomic E-state index is 0.0482. The topological polar surface area (TPSA) is 75.7 Å². The number of benzene rings is 3. The van der Waals surface area contributed by atoms with Crippen LogP contribution < -0.4 is 10.1 Å². The van der Waals surface area contributed by atoms with Crippen molar-refractivity contribution in [3.8, 4) is 5.75 Å². The minimum Gasteiger partial charge on any atom is -0.495 e. The summed E-state index contributed by atoms with van der Waals surface area (Å²) in [6.07, 6.45) is 0. The van der Waals surface area contributed by atoms with Crippen LogP contribution in [0.5, 0.6) is 5.75 Å². The molecule has 0 saturated carbocycles. The van der Waals surface area contributed by atoms with Gasteiger partial charge in [0, 0.05) is 31.6 Å². The molecule has 0 aliphatic rings. The monoisotopic (exact) mass is 452 g/mol. The van der Waals surface area contributed by atoms with Gasteiger partial charge in [0.15, 0.2) is 0 Å². The summed E-state index contributed by atoms with van der Waals surface area (Å²) in [7, 11) is 0.498. The predicted molar refractivity (Wildman–Crippen MR) is 126 cm³/mol. The van der Waals surface area contributed by atoms with Crippen molar-refractivity contribution >= 4 is 15.9 Å². The van der Waals surface area contributed by atoms with Crippen molar-refractivity contribution in [1.82, 2.24) is 9.62 Å². The average Bonchev–Trinajstić information content (AvgIpc) is 2.80. The van der Waals surface area contributed by atoms with Crippen molar-refractivity contribution < 1.29 is 17.9 Å². The van der Waals surface area contributed by atoms with Crippen LogP contribution in [0.1, 0.15) is 34.3 Å². The van der Waals surface area contributed by atoms with E-state index >= 15 is 0 Å². The van der Waals surface area contributed by atoms with E-state index in [1.807, 2.05) is 67.6 Å². The van der Waals surface area contributed by atoms with Crippen LogP contribution in [-0.2, 0) is 10.0 Å². The fourth-order valence-electron chi connectivity index (χ4n) is 3.68. The van der Waals surface area contributed by atoms with Crippen molar-refractivity contribution in [2.24, 2.45) is 0 Å². The Balaban J connectivity index is 1.93. The lowest BCUT2D eigenvalue weighted by Crippen LogP contribution is -2.37. The van der Waals surface area contributed by atoms with Gasteiger partial charge < -0.3 is 10.1 Å². The van der Waals surface area contributed by atoms with Gasteiger partial charge >= 0.3 is 0 Å². The molecule has 1 amide bonds. The third-order valence-electron chi connectivity index (χ3n) is 5.36. The third-order valence-corrected chi connectivity index (χ3v) is 7.20. The first kappa shape index (κ1) is 23.5. The summed E-state index contributed by atoms with van der Waals surface area (Å²) < 4.78 is 31.7. The zero-order valence-corrected chi connectivity index (χ0v) is 19.5. The molecule has 3 rings (SSSR count). The number of amides is 1. The molecule has 3 aromatic carbocycles. The first-order valence-corrected chi connectivity index (χ1v) is 11.7. The van der Waals surface area contributed by atoms with Gasteiger partial charge in [-0.2, -0.15) is 0 Å². The lowest BCUT2D eigenvalue weighted by Gasteiger charge is -2.26. The number of carbonyl (C=O) groups excluding carboxylic acids is 1. The van der Waals surface area contributed by atoms with Crippen LogP contribution in [0.3, 0.4) is 0 Å². The molecule has 3 aromatic rings. The van der Waals surface area contributed by atoms with E-state index in [0.717, 1.165) is 15.4 Å². The van der Waals surface area contributed by atoms with Gasteiger partial charge in [-0.3, -0.25) is 4.79 Å². The van der Waals surface area contributed by atoms with Crippen molar-refractivity contribution in [2.45, 2.75) is 23.8 Å². The largest absolute Gasteiger partial charge is 0.495 e. The molecule has 0 radical (unpaired) electrons. The van der Waals surface area contributed by atoms with Crippen LogP contribution in [0.2, 0.25) is 0 Å². The summed E-state index contributed by atoms with van der Waals surface area (Å²) >= 11 is 0. The number of sulfonamides is 1. The van der Waals surface area contributed by atoms with E-state index < -0.39 is 10.0 Å². The Hall–Kier alpha value is -3.16. The lowest BCUT2D eigenvalue weighted by atomic mass is 9.85. The second kappa shape index (κ2) is 9.97. The number of nitrogens with zero attached hydrogens (tertiary/aromatic N) is 1. The SMILES string of the molecule is COc1ccc(C(=O)NC(C)C(c2ccccc2)c2ccccc2)cc1S(=O)(=O)N(C)C. The number of carbonyl (C=O) groups is 1. The number of hydrogen-bond acceptors (Lipinski definition) is 4. The predicted octanol–water partition coefficient (Wildman–Crippen LogP) is 3.90. The maximum atomic E-state index is 13.1. The second-order valence-corrected chi connectivity index (χ2v) is 9.83. The quantitative estimate of drug-likeness (QED) is 0.563. The van der Waals surface area contributed by atoms with Crippen molar-refractivity contribution in [1.29, 1.82) is 0 Å². The normalized spacial score (nSPS) is 12.6. The van der Waals surface area contributed by atoms with Gasteiger partial charge in [0.25, 0.3) is 5.91 Å². The average molecular weight is 453 g/mol. The van der Waals surface area contributed by atoms with E-state index in [1.54, 1.807) is 6.07 Å². The summed E-state index contributed by atoms with van der Waals surface area (Å²) in [6, 6.07) is 24.1. The van der Waals surface area contributed by atoms with Crippen LogP contribution in [0.4, 0.5) is 0 Å². The van der Waals surface area contributed by atoms with Crippen LogP contribution >= 0.6 is 0 Å². The molecule has 168 valence electrons. The zero-order chi connectivity index (χ0) is 23.3. The van der Waals surface area contributed by atoms with Gasteiger partial charge in [-0.15, -0.1) is 0 Å². The number of rotatable bonds is 8. The molecule has 0 bridgehead atoms. The van der Waals surface area contributed by atoms with E-state index in [4.69, 9.17) is 4.74 Å². The zero-order valence-electron chi connectivity index (χ0n) is 18.6.